The quantitative estimate of drug-likeness (QED) is 0.561. The molecule has 1 aromatic rings. The smallest absolute Gasteiger partial charge is 0.305 e. The van der Waals surface area contributed by atoms with E-state index in [2.05, 4.69) is 23.5 Å². The summed E-state index contributed by atoms with van der Waals surface area (Å²) in [6.07, 6.45) is 12.9. The topological polar surface area (TPSA) is 47.6 Å². The number of ether oxygens (including phenoxy) is 2. The molecule has 3 aliphatic rings. The first kappa shape index (κ1) is 21.4. The molecule has 0 aromatic heterocycles. The summed E-state index contributed by atoms with van der Waals surface area (Å²) in [5.41, 5.74) is 1.24. The van der Waals surface area contributed by atoms with Crippen molar-refractivity contribution in [2.24, 2.45) is 11.8 Å². The molecule has 1 saturated heterocycles. The highest BCUT2D eigenvalue weighted by molar-refractivity contribution is 6.30. The first-order valence-corrected chi connectivity index (χ1v) is 11.3. The number of hydrogen-bond donors (Lipinski definition) is 1. The molecule has 0 saturated carbocycles. The highest BCUT2D eigenvalue weighted by Crippen LogP contribution is 2.49. The average Bonchev–Trinajstić information content (AvgIpc) is 2.76. The first-order chi connectivity index (χ1) is 14.6. The Labute approximate surface area is 182 Å². The second kappa shape index (κ2) is 9.52. The van der Waals surface area contributed by atoms with Crippen LogP contribution in [0.15, 0.2) is 36.4 Å². The van der Waals surface area contributed by atoms with Gasteiger partial charge in [-0.2, -0.15) is 0 Å². The van der Waals surface area contributed by atoms with Crippen molar-refractivity contribution < 1.29 is 18.7 Å². The highest BCUT2D eigenvalue weighted by Gasteiger charge is 2.45. The summed E-state index contributed by atoms with van der Waals surface area (Å²) in [5.74, 6) is -0.0614. The van der Waals surface area contributed by atoms with Crippen molar-refractivity contribution in [2.75, 3.05) is 11.9 Å². The van der Waals surface area contributed by atoms with E-state index in [0.29, 0.717) is 17.1 Å². The molecule has 0 bridgehead atoms. The number of hydrogen-bond acceptors (Lipinski definition) is 4. The summed E-state index contributed by atoms with van der Waals surface area (Å²) >= 11 is 6.17. The van der Waals surface area contributed by atoms with Crippen LogP contribution < -0.4 is 5.32 Å². The van der Waals surface area contributed by atoms with E-state index in [1.54, 1.807) is 6.07 Å². The van der Waals surface area contributed by atoms with Gasteiger partial charge in [0.15, 0.2) is 0 Å². The van der Waals surface area contributed by atoms with Crippen LogP contribution in [0.1, 0.15) is 57.1 Å². The van der Waals surface area contributed by atoms with Crippen LogP contribution in [-0.4, -0.2) is 24.7 Å². The third-order valence-electron chi connectivity index (χ3n) is 6.35. The Hall–Kier alpha value is -1.85. The average molecular weight is 434 g/mol. The van der Waals surface area contributed by atoms with Crippen LogP contribution in [0.25, 0.3) is 0 Å². The molecule has 1 aliphatic carbocycles. The summed E-state index contributed by atoms with van der Waals surface area (Å²) in [6, 6.07) is 3.22. The normalized spacial score (nSPS) is 29.6. The van der Waals surface area contributed by atoms with Gasteiger partial charge in [-0.15, -0.1) is 0 Å². The van der Waals surface area contributed by atoms with Crippen molar-refractivity contribution in [3.63, 3.8) is 0 Å². The van der Waals surface area contributed by atoms with Crippen LogP contribution >= 0.6 is 11.6 Å². The monoisotopic (exact) mass is 433 g/mol. The molecular weight excluding hydrogens is 405 g/mol. The van der Waals surface area contributed by atoms with Gasteiger partial charge in [0.1, 0.15) is 12.4 Å². The van der Waals surface area contributed by atoms with Crippen molar-refractivity contribution in [2.45, 2.75) is 63.7 Å². The molecule has 0 amide bonds. The summed E-state index contributed by atoms with van der Waals surface area (Å²) in [5, 5.41) is 3.83. The largest absolute Gasteiger partial charge is 0.463 e. The maximum Gasteiger partial charge on any atom is 0.305 e. The lowest BCUT2D eigenvalue weighted by Gasteiger charge is -2.47. The summed E-state index contributed by atoms with van der Waals surface area (Å²) in [6.45, 7) is 2.29. The summed E-state index contributed by atoms with van der Waals surface area (Å²) in [4.78, 5) is 11.9. The van der Waals surface area contributed by atoms with Gasteiger partial charge in [0.25, 0.3) is 0 Å². The number of halogens is 2. The summed E-state index contributed by atoms with van der Waals surface area (Å²) in [7, 11) is 0. The number of rotatable bonds is 6. The molecule has 1 unspecified atom stereocenters. The molecule has 0 radical (unpaired) electrons. The van der Waals surface area contributed by atoms with E-state index in [0.717, 1.165) is 37.7 Å². The third kappa shape index (κ3) is 4.57. The maximum absolute atomic E-state index is 14.8. The zero-order chi connectivity index (χ0) is 21.1. The van der Waals surface area contributed by atoms with Gasteiger partial charge in [-0.3, -0.25) is 4.79 Å². The lowest BCUT2D eigenvalue weighted by Crippen LogP contribution is -2.47. The number of esters is 1. The fraction of sp³-hybridized carbons (Fsp3) is 0.542. The van der Waals surface area contributed by atoms with Crippen molar-refractivity contribution in [3.05, 3.63) is 52.8 Å². The minimum Gasteiger partial charge on any atom is -0.463 e. The van der Waals surface area contributed by atoms with Crippen LogP contribution in [-0.2, 0) is 14.3 Å². The van der Waals surface area contributed by atoms with Crippen LogP contribution in [0, 0.1) is 17.7 Å². The van der Waals surface area contributed by atoms with Gasteiger partial charge in [-0.1, -0.05) is 49.2 Å². The Morgan fingerprint density at radius 1 is 1.33 bits per heavy atom. The van der Waals surface area contributed by atoms with E-state index in [1.165, 1.54) is 6.07 Å². The fourth-order valence-corrected chi connectivity index (χ4v) is 5.03. The first-order valence-electron chi connectivity index (χ1n) is 11.0. The third-order valence-corrected chi connectivity index (χ3v) is 6.57. The standard InChI is InChI=1S/C24H29ClFNO3/c1-2-3-9-21(28)29-14-17-10-11-18-22(15-7-5-4-6-8-15)27-23-19(24(18)30-17)12-16(25)13-20(23)26/h4-7,12-13,15,17-18,22,24,27H,2-3,8-11,14H2,1H3/t15?,17-,18+,22+,24+/m1/s1. The number of nitrogens with one attached hydrogen (secondary N) is 1. The van der Waals surface area contributed by atoms with Crippen molar-refractivity contribution in [3.8, 4) is 0 Å². The zero-order valence-corrected chi connectivity index (χ0v) is 18.0. The van der Waals surface area contributed by atoms with E-state index >= 15 is 0 Å². The molecule has 1 fully saturated rings. The molecule has 5 atom stereocenters. The highest BCUT2D eigenvalue weighted by atomic mass is 35.5. The Morgan fingerprint density at radius 3 is 2.97 bits per heavy atom. The predicted octanol–water partition coefficient (Wildman–Crippen LogP) is 5.98. The molecule has 6 heteroatoms. The molecule has 1 aromatic carbocycles. The van der Waals surface area contributed by atoms with Gasteiger partial charge >= 0.3 is 5.97 Å². The lowest BCUT2D eigenvalue weighted by atomic mass is 9.73. The second-order valence-corrected chi connectivity index (χ2v) is 8.88. The number of fused-ring (bicyclic) bond motifs is 3. The van der Waals surface area contributed by atoms with E-state index in [4.69, 9.17) is 21.1 Å². The van der Waals surface area contributed by atoms with Crippen LogP contribution in [0.5, 0.6) is 0 Å². The van der Waals surface area contributed by atoms with E-state index in [9.17, 15) is 9.18 Å². The molecule has 4 rings (SSSR count). The Bertz CT molecular complexity index is 840. The van der Waals surface area contributed by atoms with Gasteiger partial charge in [-0.05, 0) is 37.8 Å². The van der Waals surface area contributed by atoms with Gasteiger partial charge in [0, 0.05) is 34.9 Å². The number of anilines is 1. The predicted molar refractivity (Wildman–Crippen MR) is 116 cm³/mol. The van der Waals surface area contributed by atoms with Gasteiger partial charge in [0.2, 0.25) is 0 Å². The number of carbonyl (C=O) groups is 1. The van der Waals surface area contributed by atoms with Crippen LogP contribution in [0.4, 0.5) is 10.1 Å². The molecule has 0 spiro atoms. The maximum atomic E-state index is 14.8. The second-order valence-electron chi connectivity index (χ2n) is 8.44. The van der Waals surface area contributed by atoms with Crippen molar-refractivity contribution >= 4 is 23.3 Å². The minimum absolute atomic E-state index is 0.0763. The number of benzene rings is 1. The van der Waals surface area contributed by atoms with Crippen molar-refractivity contribution in [1.82, 2.24) is 0 Å². The molecule has 2 heterocycles. The van der Waals surface area contributed by atoms with Gasteiger partial charge in [-0.25, -0.2) is 4.39 Å². The number of allylic oxidation sites excluding steroid dienone is 3. The van der Waals surface area contributed by atoms with Gasteiger partial charge < -0.3 is 14.8 Å². The Morgan fingerprint density at radius 2 is 2.20 bits per heavy atom. The Balaban J connectivity index is 1.54. The fourth-order valence-electron chi connectivity index (χ4n) is 4.81. The zero-order valence-electron chi connectivity index (χ0n) is 17.3. The summed E-state index contributed by atoms with van der Waals surface area (Å²) < 4.78 is 26.7. The number of carbonyl (C=O) groups excluding carboxylic acids is 1. The van der Waals surface area contributed by atoms with Crippen LogP contribution in [0.2, 0.25) is 5.02 Å². The molecular formula is C24H29ClFNO3. The minimum atomic E-state index is -0.354. The molecule has 1 N–H and O–H groups in total. The lowest BCUT2D eigenvalue weighted by molar-refractivity contribution is -0.157. The molecule has 162 valence electrons. The van der Waals surface area contributed by atoms with E-state index in [-0.39, 0.29) is 48.5 Å². The van der Waals surface area contributed by atoms with E-state index in [1.807, 2.05) is 13.0 Å². The molecule has 2 aliphatic heterocycles. The van der Waals surface area contributed by atoms with Gasteiger partial charge in [0.05, 0.1) is 17.9 Å². The van der Waals surface area contributed by atoms with Crippen molar-refractivity contribution in [1.29, 1.82) is 0 Å². The number of unbranched alkanes of at least 4 members (excludes halogenated alkanes) is 1. The van der Waals surface area contributed by atoms with Crippen LogP contribution in [0.3, 0.4) is 0 Å². The SMILES string of the molecule is CCCCC(=O)OC[C@H]1CC[C@@H]2[C@H](O1)c1cc(Cl)cc(F)c1N[C@H]2C1C=CC=CC1. The van der Waals surface area contributed by atoms with E-state index < -0.39 is 0 Å². The Kier molecular flexibility index (Phi) is 6.79. The molecule has 30 heavy (non-hydrogen) atoms. The molecule has 4 nitrogen and oxygen atoms in total.